The molecule has 0 saturated carbocycles. The first kappa shape index (κ1) is 15.5. The molecule has 0 aromatic carbocycles. The van der Waals surface area contributed by atoms with Crippen LogP contribution in [0.2, 0.25) is 0 Å². The molecule has 0 spiro atoms. The van der Waals surface area contributed by atoms with Crippen molar-refractivity contribution >= 4 is 17.2 Å². The molecular formula is C15H24N2O2S. The van der Waals surface area contributed by atoms with Gasteiger partial charge in [0.15, 0.2) is 0 Å². The van der Waals surface area contributed by atoms with Crippen molar-refractivity contribution in [1.82, 2.24) is 10.2 Å². The van der Waals surface area contributed by atoms with Crippen LogP contribution in [0.4, 0.5) is 0 Å². The van der Waals surface area contributed by atoms with E-state index in [-0.39, 0.29) is 11.3 Å². The second-order valence-corrected chi connectivity index (χ2v) is 6.88. The van der Waals surface area contributed by atoms with Crippen LogP contribution >= 0.6 is 11.3 Å². The van der Waals surface area contributed by atoms with E-state index in [1.54, 1.807) is 0 Å². The molecule has 1 aromatic rings. The van der Waals surface area contributed by atoms with E-state index in [4.69, 9.17) is 4.74 Å². The highest BCUT2D eigenvalue weighted by Gasteiger charge is 2.33. The molecule has 5 heteroatoms. The lowest BCUT2D eigenvalue weighted by Gasteiger charge is -2.39. The van der Waals surface area contributed by atoms with Gasteiger partial charge in [0.25, 0.3) is 5.91 Å². The Balaban J connectivity index is 1.98. The van der Waals surface area contributed by atoms with Crippen molar-refractivity contribution < 1.29 is 9.53 Å². The Labute approximate surface area is 125 Å². The van der Waals surface area contributed by atoms with Gasteiger partial charge in [0.05, 0.1) is 4.88 Å². The second kappa shape index (κ2) is 6.70. The molecule has 1 aliphatic heterocycles. The summed E-state index contributed by atoms with van der Waals surface area (Å²) in [5.74, 6) is 0.0575. The number of ether oxygens (including phenoxy) is 1. The maximum absolute atomic E-state index is 12.3. The van der Waals surface area contributed by atoms with Crippen LogP contribution in [0.1, 0.15) is 28.1 Å². The normalized spacial score (nSPS) is 18.2. The molecule has 1 aromatic heterocycles. The molecule has 4 nitrogen and oxygen atoms in total. The molecule has 0 radical (unpaired) electrons. The van der Waals surface area contributed by atoms with E-state index in [1.165, 1.54) is 11.3 Å². The maximum Gasteiger partial charge on any atom is 0.261 e. The van der Waals surface area contributed by atoms with E-state index in [1.807, 2.05) is 18.4 Å². The van der Waals surface area contributed by atoms with Gasteiger partial charge in [-0.3, -0.25) is 4.79 Å². The lowest BCUT2D eigenvalue weighted by atomic mass is 9.79. The molecule has 1 saturated heterocycles. The molecule has 1 amide bonds. The van der Waals surface area contributed by atoms with Crippen molar-refractivity contribution in [2.24, 2.45) is 5.41 Å². The predicted octanol–water partition coefficient (Wildman–Crippen LogP) is 2.14. The fraction of sp³-hybridized carbons (Fsp3) is 0.667. The zero-order valence-electron chi connectivity index (χ0n) is 12.6. The van der Waals surface area contributed by atoms with Crippen LogP contribution in [-0.2, 0) is 4.74 Å². The minimum absolute atomic E-state index is 0.0575. The molecule has 112 valence electrons. The first-order chi connectivity index (χ1) is 9.52. The van der Waals surface area contributed by atoms with E-state index < -0.39 is 0 Å². The molecule has 2 rings (SSSR count). The second-order valence-electron chi connectivity index (χ2n) is 5.97. The lowest BCUT2D eigenvalue weighted by Crippen LogP contribution is -2.47. The Bertz CT molecular complexity index is 450. The average Bonchev–Trinajstić information content (AvgIpc) is 2.83. The molecule has 0 atom stereocenters. The summed E-state index contributed by atoms with van der Waals surface area (Å²) < 4.78 is 5.48. The van der Waals surface area contributed by atoms with Crippen LogP contribution in [0, 0.1) is 12.3 Å². The average molecular weight is 296 g/mol. The molecule has 1 fully saturated rings. The summed E-state index contributed by atoms with van der Waals surface area (Å²) in [5, 5.41) is 5.10. The van der Waals surface area contributed by atoms with Gasteiger partial charge in [-0.2, -0.15) is 0 Å². The SMILES string of the molecule is Cc1ccsc1C(=O)NCC1(CN(C)C)CCOCC1. The smallest absolute Gasteiger partial charge is 0.261 e. The van der Waals surface area contributed by atoms with Crippen molar-refractivity contribution in [2.75, 3.05) is 40.4 Å². The molecule has 0 bridgehead atoms. The highest BCUT2D eigenvalue weighted by Crippen LogP contribution is 2.30. The molecular weight excluding hydrogens is 272 g/mol. The maximum atomic E-state index is 12.3. The molecule has 1 aliphatic rings. The van der Waals surface area contributed by atoms with E-state index in [0.29, 0.717) is 0 Å². The Morgan fingerprint density at radius 1 is 1.45 bits per heavy atom. The van der Waals surface area contributed by atoms with Gasteiger partial charge in [0.1, 0.15) is 0 Å². The van der Waals surface area contributed by atoms with Gasteiger partial charge in [0.2, 0.25) is 0 Å². The first-order valence-corrected chi connectivity index (χ1v) is 7.95. The summed E-state index contributed by atoms with van der Waals surface area (Å²) in [7, 11) is 4.17. The van der Waals surface area contributed by atoms with Gasteiger partial charge >= 0.3 is 0 Å². The first-order valence-electron chi connectivity index (χ1n) is 7.07. The predicted molar refractivity (Wildman–Crippen MR) is 82.4 cm³/mol. The van der Waals surface area contributed by atoms with Gasteiger partial charge in [-0.15, -0.1) is 11.3 Å². The number of amides is 1. The number of hydrogen-bond donors (Lipinski definition) is 1. The van der Waals surface area contributed by atoms with Crippen molar-refractivity contribution in [1.29, 1.82) is 0 Å². The van der Waals surface area contributed by atoms with E-state index in [9.17, 15) is 4.79 Å². The Morgan fingerprint density at radius 2 is 2.15 bits per heavy atom. The van der Waals surface area contributed by atoms with Gasteiger partial charge in [-0.05, 0) is 50.9 Å². The van der Waals surface area contributed by atoms with Gasteiger partial charge in [-0.25, -0.2) is 0 Å². The minimum atomic E-state index is 0.0575. The van der Waals surface area contributed by atoms with Crippen molar-refractivity contribution in [3.05, 3.63) is 21.9 Å². The van der Waals surface area contributed by atoms with Gasteiger partial charge in [-0.1, -0.05) is 0 Å². The van der Waals surface area contributed by atoms with Crippen LogP contribution < -0.4 is 5.32 Å². The lowest BCUT2D eigenvalue weighted by molar-refractivity contribution is 0.00287. The largest absolute Gasteiger partial charge is 0.381 e. The van der Waals surface area contributed by atoms with Crippen LogP contribution in [0.3, 0.4) is 0 Å². The molecule has 0 unspecified atom stereocenters. The Hall–Kier alpha value is -0.910. The molecule has 20 heavy (non-hydrogen) atoms. The quantitative estimate of drug-likeness (QED) is 0.905. The van der Waals surface area contributed by atoms with E-state index >= 15 is 0 Å². The van der Waals surface area contributed by atoms with Crippen LogP contribution in [-0.4, -0.2) is 51.2 Å². The highest BCUT2D eigenvalue weighted by molar-refractivity contribution is 7.12. The number of hydrogen-bond acceptors (Lipinski definition) is 4. The number of carbonyl (C=O) groups excluding carboxylic acids is 1. The van der Waals surface area contributed by atoms with Crippen molar-refractivity contribution in [3.8, 4) is 0 Å². The monoisotopic (exact) mass is 296 g/mol. The molecule has 1 N–H and O–H groups in total. The summed E-state index contributed by atoms with van der Waals surface area (Å²) in [5.41, 5.74) is 1.20. The number of aryl methyl sites for hydroxylation is 1. The standard InChI is InChI=1S/C15H24N2O2S/c1-12-4-9-20-13(12)14(18)16-10-15(11-17(2)3)5-7-19-8-6-15/h4,9H,5-8,10-11H2,1-3H3,(H,16,18). The summed E-state index contributed by atoms with van der Waals surface area (Å²) in [6.07, 6.45) is 2.02. The van der Waals surface area contributed by atoms with Crippen LogP contribution in [0.15, 0.2) is 11.4 Å². The summed E-state index contributed by atoms with van der Waals surface area (Å²) in [4.78, 5) is 15.3. The minimum Gasteiger partial charge on any atom is -0.381 e. The number of nitrogens with one attached hydrogen (secondary N) is 1. The van der Waals surface area contributed by atoms with E-state index in [2.05, 4.69) is 24.3 Å². The summed E-state index contributed by atoms with van der Waals surface area (Å²) in [6.45, 7) is 5.28. The zero-order chi connectivity index (χ0) is 14.6. The van der Waals surface area contributed by atoms with E-state index in [0.717, 1.165) is 49.6 Å². The Morgan fingerprint density at radius 3 is 2.70 bits per heavy atom. The fourth-order valence-electron chi connectivity index (χ4n) is 2.82. The zero-order valence-corrected chi connectivity index (χ0v) is 13.4. The van der Waals surface area contributed by atoms with Gasteiger partial charge in [0, 0.05) is 31.7 Å². The summed E-state index contributed by atoms with van der Waals surface area (Å²) >= 11 is 1.51. The third-order valence-corrected chi connectivity index (χ3v) is 4.91. The number of carbonyl (C=O) groups is 1. The fourth-order valence-corrected chi connectivity index (χ4v) is 3.66. The topological polar surface area (TPSA) is 41.6 Å². The highest BCUT2D eigenvalue weighted by atomic mass is 32.1. The van der Waals surface area contributed by atoms with Gasteiger partial charge < -0.3 is 15.0 Å². The number of rotatable bonds is 5. The van der Waals surface area contributed by atoms with Crippen LogP contribution in [0.25, 0.3) is 0 Å². The van der Waals surface area contributed by atoms with Crippen LogP contribution in [0.5, 0.6) is 0 Å². The number of nitrogens with zero attached hydrogens (tertiary/aromatic N) is 1. The Kier molecular flexibility index (Phi) is 5.18. The third-order valence-electron chi connectivity index (χ3n) is 3.90. The number of thiophene rings is 1. The molecule has 2 heterocycles. The third kappa shape index (κ3) is 3.81. The molecule has 0 aliphatic carbocycles. The van der Waals surface area contributed by atoms with Crippen molar-refractivity contribution in [2.45, 2.75) is 19.8 Å². The summed E-state index contributed by atoms with van der Waals surface area (Å²) in [6, 6.07) is 1.99. The van der Waals surface area contributed by atoms with Crippen molar-refractivity contribution in [3.63, 3.8) is 0 Å².